The van der Waals surface area contributed by atoms with E-state index in [1.54, 1.807) is 24.3 Å². The van der Waals surface area contributed by atoms with Crippen molar-refractivity contribution in [2.45, 2.75) is 6.42 Å². The Morgan fingerprint density at radius 2 is 1.49 bits per heavy atom. The van der Waals surface area contributed by atoms with Crippen molar-refractivity contribution in [2.24, 2.45) is 0 Å². The van der Waals surface area contributed by atoms with E-state index in [1.807, 2.05) is 18.2 Å². The maximum atomic E-state index is 13.2. The molecule has 11 heteroatoms. The second-order valence-electron chi connectivity index (χ2n) is 7.82. The highest BCUT2D eigenvalue weighted by molar-refractivity contribution is 6.13. The van der Waals surface area contributed by atoms with Gasteiger partial charge in [0.05, 0.1) is 10.6 Å². The summed E-state index contributed by atoms with van der Waals surface area (Å²) in [4.78, 5) is 41.5. The van der Waals surface area contributed by atoms with Crippen LogP contribution in [0, 0.1) is 20.2 Å². The number of nitrogens with zero attached hydrogens (tertiary/aromatic N) is 4. The van der Waals surface area contributed by atoms with Gasteiger partial charge in [-0.3, -0.25) is 14.9 Å². The highest BCUT2D eigenvalue weighted by atomic mass is 16.6. The molecule has 0 radical (unpaired) electrons. The molecule has 2 N–H and O–H groups in total. The molecule has 35 heavy (non-hydrogen) atoms. The third-order valence-electron chi connectivity index (χ3n) is 5.54. The van der Waals surface area contributed by atoms with Crippen LogP contribution in [-0.4, -0.2) is 25.6 Å². The summed E-state index contributed by atoms with van der Waals surface area (Å²) in [7, 11) is 0. The zero-order valence-electron chi connectivity index (χ0n) is 18.0. The van der Waals surface area contributed by atoms with Gasteiger partial charge >= 0.3 is 5.82 Å². The predicted octanol–water partition coefficient (Wildman–Crippen LogP) is 4.92. The molecule has 4 aromatic rings. The van der Waals surface area contributed by atoms with E-state index in [4.69, 9.17) is 0 Å². The molecular formula is C24H16N6O5. The Labute approximate surface area is 197 Å². The lowest BCUT2D eigenvalue weighted by molar-refractivity contribution is -0.389. The Kier molecular flexibility index (Phi) is 5.34. The molecule has 0 saturated carbocycles. The smallest absolute Gasteiger partial charge is 0.358 e. The summed E-state index contributed by atoms with van der Waals surface area (Å²) >= 11 is 0. The molecule has 0 bridgehead atoms. The van der Waals surface area contributed by atoms with Crippen molar-refractivity contribution in [3.05, 3.63) is 116 Å². The summed E-state index contributed by atoms with van der Waals surface area (Å²) in [5.74, 6) is 0.0854. The van der Waals surface area contributed by atoms with Gasteiger partial charge in [-0.2, -0.15) is 0 Å². The Hall–Kier alpha value is -5.19. The van der Waals surface area contributed by atoms with Gasteiger partial charge in [0.1, 0.15) is 12.0 Å². The number of benzene rings is 2. The summed E-state index contributed by atoms with van der Waals surface area (Å²) in [5, 5.41) is 27.8. The van der Waals surface area contributed by atoms with Gasteiger partial charge in [0.25, 0.3) is 5.69 Å². The summed E-state index contributed by atoms with van der Waals surface area (Å²) in [6, 6.07) is 16.6. The summed E-state index contributed by atoms with van der Waals surface area (Å²) < 4.78 is 0. The average molecular weight is 468 g/mol. The van der Waals surface area contributed by atoms with E-state index < -0.39 is 9.85 Å². The number of fused-ring (bicyclic) bond motifs is 2. The lowest BCUT2D eigenvalue weighted by Crippen LogP contribution is -2.15. The number of nitrogens with one attached hydrogen (secondary N) is 2. The van der Waals surface area contributed by atoms with Crippen LogP contribution in [0.2, 0.25) is 0 Å². The minimum absolute atomic E-state index is 0.105. The molecular weight excluding hydrogens is 452 g/mol. The summed E-state index contributed by atoms with van der Waals surface area (Å²) in [5.41, 5.74) is 4.77. The fraction of sp³-hybridized carbons (Fsp3) is 0.0417. The van der Waals surface area contributed by atoms with E-state index in [2.05, 4.69) is 20.6 Å². The van der Waals surface area contributed by atoms with E-state index in [-0.39, 0.29) is 17.3 Å². The van der Waals surface area contributed by atoms with Crippen molar-refractivity contribution in [2.75, 3.05) is 10.6 Å². The Morgan fingerprint density at radius 3 is 2.17 bits per heavy atom. The van der Waals surface area contributed by atoms with Crippen LogP contribution < -0.4 is 10.6 Å². The monoisotopic (exact) mass is 468 g/mol. The van der Waals surface area contributed by atoms with E-state index in [0.29, 0.717) is 34.7 Å². The van der Waals surface area contributed by atoms with Crippen molar-refractivity contribution in [3.63, 3.8) is 0 Å². The average Bonchev–Trinajstić information content (AvgIpc) is 2.85. The number of carbonyl (C=O) groups is 1. The quantitative estimate of drug-likeness (QED) is 0.261. The first kappa shape index (κ1) is 21.6. The number of pyridine rings is 2. The number of aromatic nitrogens is 2. The second-order valence-corrected chi connectivity index (χ2v) is 7.82. The van der Waals surface area contributed by atoms with Gasteiger partial charge in [-0.15, -0.1) is 0 Å². The second kappa shape index (κ2) is 8.63. The summed E-state index contributed by atoms with van der Waals surface area (Å²) in [6.07, 6.45) is 3.10. The van der Waals surface area contributed by atoms with Gasteiger partial charge in [-0.1, -0.05) is 6.07 Å². The fourth-order valence-electron chi connectivity index (χ4n) is 3.86. The van der Waals surface area contributed by atoms with Crippen LogP contribution >= 0.6 is 0 Å². The first-order valence-corrected chi connectivity index (χ1v) is 10.4. The first-order chi connectivity index (χ1) is 16.9. The number of carbonyl (C=O) groups excluding carboxylic acids is 1. The predicted molar refractivity (Wildman–Crippen MR) is 127 cm³/mol. The molecule has 0 fully saturated rings. The molecule has 0 atom stereocenters. The lowest BCUT2D eigenvalue weighted by Gasteiger charge is -2.20. The number of hydrogen-bond donors (Lipinski definition) is 2. The first-order valence-electron chi connectivity index (χ1n) is 10.4. The van der Waals surface area contributed by atoms with Crippen molar-refractivity contribution >= 4 is 40.2 Å². The molecule has 11 nitrogen and oxygen atoms in total. The van der Waals surface area contributed by atoms with E-state index in [9.17, 15) is 25.0 Å². The minimum atomic E-state index is -0.560. The maximum Gasteiger partial charge on any atom is 0.363 e. The largest absolute Gasteiger partial charge is 0.363 e. The molecule has 0 amide bonds. The molecule has 5 rings (SSSR count). The number of hydrogen-bond acceptors (Lipinski definition) is 9. The molecule has 1 aliphatic carbocycles. The fourth-order valence-corrected chi connectivity index (χ4v) is 3.86. The van der Waals surface area contributed by atoms with Crippen LogP contribution in [0.1, 0.15) is 27.0 Å². The van der Waals surface area contributed by atoms with Crippen molar-refractivity contribution in [1.82, 2.24) is 9.97 Å². The third-order valence-corrected chi connectivity index (χ3v) is 5.54. The molecule has 1 aliphatic rings. The normalized spacial score (nSPS) is 11.8. The van der Waals surface area contributed by atoms with Gasteiger partial charge in [0.15, 0.2) is 12.0 Å². The van der Waals surface area contributed by atoms with Crippen molar-refractivity contribution in [3.8, 4) is 0 Å². The Balaban J connectivity index is 1.35. The van der Waals surface area contributed by atoms with E-state index in [0.717, 1.165) is 16.8 Å². The molecule has 2 heterocycles. The molecule has 0 unspecified atom stereocenters. The van der Waals surface area contributed by atoms with Crippen LogP contribution in [0.5, 0.6) is 0 Å². The Bertz CT molecular complexity index is 1490. The van der Waals surface area contributed by atoms with Crippen molar-refractivity contribution < 1.29 is 14.6 Å². The third kappa shape index (κ3) is 4.37. The molecule has 0 spiro atoms. The zero-order chi connectivity index (χ0) is 24.5. The maximum absolute atomic E-state index is 13.2. The van der Waals surface area contributed by atoms with Crippen LogP contribution in [0.15, 0.2) is 73.1 Å². The van der Waals surface area contributed by atoms with E-state index in [1.165, 1.54) is 30.6 Å². The lowest BCUT2D eigenvalue weighted by atomic mass is 9.84. The van der Waals surface area contributed by atoms with Gasteiger partial charge in [0, 0.05) is 34.6 Å². The summed E-state index contributed by atoms with van der Waals surface area (Å²) in [6.45, 7) is 0. The van der Waals surface area contributed by atoms with Gasteiger partial charge in [-0.25, -0.2) is 4.98 Å². The molecule has 172 valence electrons. The minimum Gasteiger partial charge on any atom is -0.358 e. The van der Waals surface area contributed by atoms with Crippen LogP contribution in [0.25, 0.3) is 0 Å². The zero-order valence-corrected chi connectivity index (χ0v) is 18.0. The van der Waals surface area contributed by atoms with Crippen LogP contribution in [0.4, 0.5) is 34.4 Å². The standard InChI is InChI=1S/C24H16N6O5/c31-24-20-6-3-16(27-18-4-8-23(26-12-18)30(34)35)10-15(20)9-14-1-2-17(11-21(14)24)28-22-7-5-19(13-25-22)29(32)33/h1-8,10-13,27H,9H2,(H,25,28). The molecule has 2 aromatic carbocycles. The van der Waals surface area contributed by atoms with Crippen LogP contribution in [0.3, 0.4) is 0 Å². The highest BCUT2D eigenvalue weighted by Gasteiger charge is 2.24. The number of anilines is 4. The van der Waals surface area contributed by atoms with Gasteiger partial charge in [-0.05, 0) is 69.9 Å². The van der Waals surface area contributed by atoms with Gasteiger partial charge < -0.3 is 20.7 Å². The molecule has 0 saturated heterocycles. The highest BCUT2D eigenvalue weighted by Crippen LogP contribution is 2.32. The molecule has 2 aromatic heterocycles. The SMILES string of the molecule is O=C1c2ccc(Nc3ccc([N+](=O)[O-])nc3)cc2Cc2ccc(Nc3ccc([N+](=O)[O-])cn3)cc21. The van der Waals surface area contributed by atoms with Crippen molar-refractivity contribution in [1.29, 1.82) is 0 Å². The number of nitro groups is 2. The topological polar surface area (TPSA) is 153 Å². The number of rotatable bonds is 6. The van der Waals surface area contributed by atoms with Gasteiger partial charge in [0.2, 0.25) is 0 Å². The molecule has 0 aliphatic heterocycles. The van der Waals surface area contributed by atoms with E-state index >= 15 is 0 Å². The van der Waals surface area contributed by atoms with Crippen LogP contribution in [-0.2, 0) is 6.42 Å². The Morgan fingerprint density at radius 1 is 0.714 bits per heavy atom. The number of ketones is 1.